The molecule has 1 aromatic rings. The van der Waals surface area contributed by atoms with Gasteiger partial charge in [-0.1, -0.05) is 32.0 Å². The summed E-state index contributed by atoms with van der Waals surface area (Å²) >= 11 is 0. The summed E-state index contributed by atoms with van der Waals surface area (Å²) in [6.07, 6.45) is 6.13. The van der Waals surface area contributed by atoms with E-state index in [2.05, 4.69) is 19.2 Å². The Morgan fingerprint density at radius 3 is 2.37 bits per heavy atom. The Kier molecular flexibility index (Phi) is 5.00. The Morgan fingerprint density at radius 1 is 1.16 bits per heavy atom. The monoisotopic (exact) mass is 259 g/mol. The highest BCUT2D eigenvalue weighted by molar-refractivity contribution is 5.94. The predicted octanol–water partition coefficient (Wildman–Crippen LogP) is 4.02. The summed E-state index contributed by atoms with van der Waals surface area (Å²) in [7, 11) is 0. The molecular formula is C17H25NO. The van der Waals surface area contributed by atoms with Crippen LogP contribution in [0.4, 0.5) is 0 Å². The lowest BCUT2D eigenvalue weighted by Crippen LogP contribution is -2.37. The van der Waals surface area contributed by atoms with E-state index in [-0.39, 0.29) is 5.91 Å². The molecule has 0 unspecified atom stereocenters. The van der Waals surface area contributed by atoms with Gasteiger partial charge in [0.05, 0.1) is 0 Å². The number of hydrogen-bond donors (Lipinski definition) is 1. The van der Waals surface area contributed by atoms with E-state index in [0.717, 1.165) is 30.2 Å². The first kappa shape index (κ1) is 14.1. The summed E-state index contributed by atoms with van der Waals surface area (Å²) in [6.45, 7) is 4.59. The molecule has 0 saturated heterocycles. The highest BCUT2D eigenvalue weighted by Gasteiger charge is 2.23. The van der Waals surface area contributed by atoms with Gasteiger partial charge in [-0.15, -0.1) is 0 Å². The van der Waals surface area contributed by atoms with Gasteiger partial charge in [-0.2, -0.15) is 0 Å². The number of amides is 1. The van der Waals surface area contributed by atoms with Gasteiger partial charge in [0.2, 0.25) is 0 Å². The molecule has 1 aromatic carbocycles. The van der Waals surface area contributed by atoms with E-state index in [1.165, 1.54) is 19.3 Å². The molecule has 0 bridgehead atoms. The fourth-order valence-electron chi connectivity index (χ4n) is 3.07. The highest BCUT2D eigenvalue weighted by Crippen LogP contribution is 2.29. The second-order valence-electron chi connectivity index (χ2n) is 6.19. The second kappa shape index (κ2) is 6.74. The molecule has 1 amide bonds. The number of hydrogen-bond acceptors (Lipinski definition) is 1. The van der Waals surface area contributed by atoms with Crippen molar-refractivity contribution in [3.05, 3.63) is 35.9 Å². The predicted molar refractivity (Wildman–Crippen MR) is 79.1 cm³/mol. The van der Waals surface area contributed by atoms with Gasteiger partial charge in [0.15, 0.2) is 0 Å². The number of carbonyl (C=O) groups excluding carboxylic acids is 1. The summed E-state index contributed by atoms with van der Waals surface area (Å²) in [5.74, 6) is 1.73. The number of carbonyl (C=O) groups is 1. The Hall–Kier alpha value is -1.31. The lowest BCUT2D eigenvalue weighted by atomic mass is 9.81. The van der Waals surface area contributed by atoms with Crippen LogP contribution in [0.2, 0.25) is 0 Å². The number of benzene rings is 1. The van der Waals surface area contributed by atoms with Crippen LogP contribution in [0.25, 0.3) is 0 Å². The fraction of sp³-hybridized carbons (Fsp3) is 0.588. The zero-order valence-electron chi connectivity index (χ0n) is 12.1. The third-order valence-corrected chi connectivity index (χ3v) is 4.02. The molecule has 1 aliphatic carbocycles. The second-order valence-corrected chi connectivity index (χ2v) is 6.19. The first-order chi connectivity index (χ1) is 9.15. The van der Waals surface area contributed by atoms with E-state index >= 15 is 0 Å². The van der Waals surface area contributed by atoms with Crippen molar-refractivity contribution in [3.63, 3.8) is 0 Å². The van der Waals surface area contributed by atoms with Crippen LogP contribution < -0.4 is 5.32 Å². The van der Waals surface area contributed by atoms with Gasteiger partial charge in [0.25, 0.3) is 5.91 Å². The van der Waals surface area contributed by atoms with Crippen molar-refractivity contribution in [1.82, 2.24) is 5.32 Å². The van der Waals surface area contributed by atoms with Crippen LogP contribution in [0.1, 0.15) is 56.3 Å². The molecule has 0 spiro atoms. The van der Waals surface area contributed by atoms with Gasteiger partial charge in [-0.3, -0.25) is 4.79 Å². The normalized spacial score (nSPS) is 23.3. The molecule has 0 atom stereocenters. The number of rotatable bonds is 4. The van der Waals surface area contributed by atoms with E-state index < -0.39 is 0 Å². The van der Waals surface area contributed by atoms with Crippen molar-refractivity contribution in [2.45, 2.75) is 52.0 Å². The van der Waals surface area contributed by atoms with Crippen LogP contribution in [-0.2, 0) is 0 Å². The summed E-state index contributed by atoms with van der Waals surface area (Å²) in [5, 5.41) is 3.17. The minimum absolute atomic E-state index is 0.0768. The van der Waals surface area contributed by atoms with Crippen molar-refractivity contribution >= 4 is 5.91 Å². The maximum Gasteiger partial charge on any atom is 0.251 e. The highest BCUT2D eigenvalue weighted by atomic mass is 16.1. The molecule has 0 radical (unpaired) electrons. The van der Waals surface area contributed by atoms with Gasteiger partial charge < -0.3 is 5.32 Å². The quantitative estimate of drug-likeness (QED) is 0.869. The third-order valence-electron chi connectivity index (χ3n) is 4.02. The van der Waals surface area contributed by atoms with Crippen molar-refractivity contribution in [1.29, 1.82) is 0 Å². The standard InChI is InChI=1S/C17H25NO/c1-13(2)12-14-8-10-16(11-9-14)18-17(19)15-6-4-3-5-7-15/h3-7,13-14,16H,8-12H2,1-2H3,(H,18,19)/t14-,16-. The Morgan fingerprint density at radius 2 is 1.79 bits per heavy atom. The molecule has 1 saturated carbocycles. The summed E-state index contributed by atoms with van der Waals surface area (Å²) in [5.41, 5.74) is 0.770. The lowest BCUT2D eigenvalue weighted by Gasteiger charge is -2.30. The van der Waals surface area contributed by atoms with E-state index in [0.29, 0.717) is 6.04 Å². The Bertz CT molecular complexity index is 391. The molecule has 2 nitrogen and oxygen atoms in total. The van der Waals surface area contributed by atoms with E-state index in [9.17, 15) is 4.79 Å². The molecule has 0 heterocycles. The molecule has 104 valence electrons. The maximum absolute atomic E-state index is 12.1. The molecule has 1 aliphatic rings. The largest absolute Gasteiger partial charge is 0.349 e. The first-order valence-corrected chi connectivity index (χ1v) is 7.51. The van der Waals surface area contributed by atoms with Gasteiger partial charge in [0, 0.05) is 11.6 Å². The molecule has 2 rings (SSSR count). The van der Waals surface area contributed by atoms with Crippen LogP contribution in [0, 0.1) is 11.8 Å². The topological polar surface area (TPSA) is 29.1 Å². The van der Waals surface area contributed by atoms with E-state index in [1.54, 1.807) is 0 Å². The fourth-order valence-corrected chi connectivity index (χ4v) is 3.07. The Balaban J connectivity index is 1.78. The average molecular weight is 259 g/mol. The number of nitrogens with one attached hydrogen (secondary N) is 1. The average Bonchev–Trinajstić information content (AvgIpc) is 2.41. The molecule has 1 N–H and O–H groups in total. The molecule has 2 heteroatoms. The van der Waals surface area contributed by atoms with E-state index in [4.69, 9.17) is 0 Å². The lowest BCUT2D eigenvalue weighted by molar-refractivity contribution is 0.0920. The summed E-state index contributed by atoms with van der Waals surface area (Å²) in [6, 6.07) is 9.88. The SMILES string of the molecule is CC(C)C[C@H]1CC[C@H](NC(=O)c2ccccc2)CC1. The van der Waals surface area contributed by atoms with Crippen molar-refractivity contribution in [2.75, 3.05) is 0 Å². The first-order valence-electron chi connectivity index (χ1n) is 7.51. The summed E-state index contributed by atoms with van der Waals surface area (Å²) in [4.78, 5) is 12.1. The Labute approximate surface area is 116 Å². The van der Waals surface area contributed by atoms with Gasteiger partial charge in [0.1, 0.15) is 0 Å². The van der Waals surface area contributed by atoms with Gasteiger partial charge >= 0.3 is 0 Å². The van der Waals surface area contributed by atoms with Crippen molar-refractivity contribution in [2.24, 2.45) is 11.8 Å². The van der Waals surface area contributed by atoms with Crippen LogP contribution in [-0.4, -0.2) is 11.9 Å². The molecule has 19 heavy (non-hydrogen) atoms. The molecule has 0 aliphatic heterocycles. The zero-order chi connectivity index (χ0) is 13.7. The van der Waals surface area contributed by atoms with Crippen LogP contribution >= 0.6 is 0 Å². The van der Waals surface area contributed by atoms with Gasteiger partial charge in [-0.25, -0.2) is 0 Å². The van der Waals surface area contributed by atoms with Crippen molar-refractivity contribution < 1.29 is 4.79 Å². The minimum Gasteiger partial charge on any atom is -0.349 e. The van der Waals surface area contributed by atoms with Crippen LogP contribution in [0.3, 0.4) is 0 Å². The van der Waals surface area contributed by atoms with Crippen LogP contribution in [0.15, 0.2) is 30.3 Å². The smallest absolute Gasteiger partial charge is 0.251 e. The van der Waals surface area contributed by atoms with Crippen LogP contribution in [0.5, 0.6) is 0 Å². The molecule has 0 aromatic heterocycles. The minimum atomic E-state index is 0.0768. The van der Waals surface area contributed by atoms with Crippen molar-refractivity contribution in [3.8, 4) is 0 Å². The summed E-state index contributed by atoms with van der Waals surface area (Å²) < 4.78 is 0. The van der Waals surface area contributed by atoms with E-state index in [1.807, 2.05) is 30.3 Å². The zero-order valence-corrected chi connectivity index (χ0v) is 12.1. The maximum atomic E-state index is 12.1. The third kappa shape index (κ3) is 4.38. The molecular weight excluding hydrogens is 234 g/mol. The molecule has 1 fully saturated rings. The van der Waals surface area contributed by atoms with Gasteiger partial charge in [-0.05, 0) is 56.1 Å².